The summed E-state index contributed by atoms with van der Waals surface area (Å²) < 4.78 is 12.0. The summed E-state index contributed by atoms with van der Waals surface area (Å²) in [6, 6.07) is 8.65. The Morgan fingerprint density at radius 1 is 1.21 bits per heavy atom. The molecule has 2 aromatic heterocycles. The second kappa shape index (κ2) is 8.66. The van der Waals surface area contributed by atoms with Crippen molar-refractivity contribution in [3.8, 4) is 5.75 Å². The van der Waals surface area contributed by atoms with Crippen LogP contribution in [0.5, 0.6) is 5.75 Å². The number of halogens is 1. The van der Waals surface area contributed by atoms with Gasteiger partial charge in [0.15, 0.2) is 6.61 Å². The average molecular weight is 404 g/mol. The number of likely N-dealkylation sites (N-methyl/N-ethyl adjacent to an activating group) is 1. The third-order valence-corrected chi connectivity index (χ3v) is 4.13. The summed E-state index contributed by atoms with van der Waals surface area (Å²) in [5.74, 6) is -0.369. The number of nitrogens with zero attached hydrogens (tertiary/aromatic N) is 5. The minimum absolute atomic E-state index is 0.150. The average Bonchev–Trinajstić information content (AvgIpc) is 3.13. The van der Waals surface area contributed by atoms with Crippen molar-refractivity contribution in [3.05, 3.63) is 53.1 Å². The second-order valence-corrected chi connectivity index (χ2v) is 6.36. The fraction of sp³-hybridized carbons (Fsp3) is 0.278. The van der Waals surface area contributed by atoms with Gasteiger partial charge < -0.3 is 14.4 Å². The van der Waals surface area contributed by atoms with Gasteiger partial charge in [-0.2, -0.15) is 4.98 Å². The Labute approximate surface area is 165 Å². The first-order chi connectivity index (χ1) is 13.4. The molecule has 10 heteroatoms. The fourth-order valence-corrected chi connectivity index (χ4v) is 2.38. The van der Waals surface area contributed by atoms with E-state index >= 15 is 0 Å². The van der Waals surface area contributed by atoms with Crippen molar-refractivity contribution in [2.45, 2.75) is 6.92 Å². The zero-order valence-electron chi connectivity index (χ0n) is 15.3. The maximum atomic E-state index is 12.1. The Hall–Kier alpha value is -3.20. The highest BCUT2D eigenvalue weighted by Crippen LogP contribution is 2.15. The van der Waals surface area contributed by atoms with Crippen LogP contribution in [-0.4, -0.2) is 63.2 Å². The Kier molecular flexibility index (Phi) is 6.05. The number of fused-ring (bicyclic) bond motifs is 1. The minimum Gasteiger partial charge on any atom is -0.492 e. The van der Waals surface area contributed by atoms with E-state index in [1.807, 2.05) is 6.92 Å². The van der Waals surface area contributed by atoms with Gasteiger partial charge in [-0.3, -0.25) is 4.79 Å². The number of rotatable bonds is 7. The number of amides is 1. The highest BCUT2D eigenvalue weighted by Gasteiger charge is 2.18. The number of hydrogen-bond acceptors (Lipinski definition) is 7. The molecule has 0 unspecified atom stereocenters. The van der Waals surface area contributed by atoms with Gasteiger partial charge in [0.1, 0.15) is 12.4 Å². The van der Waals surface area contributed by atoms with Crippen molar-refractivity contribution < 1.29 is 19.1 Å². The lowest BCUT2D eigenvalue weighted by Gasteiger charge is -2.17. The molecule has 0 fully saturated rings. The molecule has 3 rings (SSSR count). The van der Waals surface area contributed by atoms with Crippen molar-refractivity contribution >= 4 is 29.3 Å². The lowest BCUT2D eigenvalue weighted by molar-refractivity contribution is -0.133. The van der Waals surface area contributed by atoms with Crippen LogP contribution in [0.2, 0.25) is 5.02 Å². The Bertz CT molecular complexity index is 989. The summed E-state index contributed by atoms with van der Waals surface area (Å²) in [6.45, 7) is 2.01. The number of aryl methyl sites for hydroxylation is 1. The fourth-order valence-electron chi connectivity index (χ4n) is 2.25. The third kappa shape index (κ3) is 4.74. The molecular weight excluding hydrogens is 386 g/mol. The number of ether oxygens (including phenoxy) is 2. The molecule has 0 aliphatic heterocycles. The first-order valence-electron chi connectivity index (χ1n) is 8.42. The zero-order valence-corrected chi connectivity index (χ0v) is 16.1. The standard InChI is InChI=1S/C18H18ClN5O4/c1-12-7-8-20-18-21-16(22-24(12)18)17(26)28-11-15(25)23(2)9-10-27-14-5-3-13(19)4-6-14/h3-8H,9-11H2,1-2H3. The molecule has 9 nitrogen and oxygen atoms in total. The quantitative estimate of drug-likeness (QED) is 0.554. The van der Waals surface area contributed by atoms with E-state index in [1.54, 1.807) is 43.6 Å². The van der Waals surface area contributed by atoms with Crippen molar-refractivity contribution in [1.82, 2.24) is 24.5 Å². The molecular formula is C18H18ClN5O4. The monoisotopic (exact) mass is 403 g/mol. The van der Waals surface area contributed by atoms with E-state index in [0.717, 1.165) is 5.69 Å². The van der Waals surface area contributed by atoms with Crippen LogP contribution in [0, 0.1) is 6.92 Å². The lowest BCUT2D eigenvalue weighted by Crippen LogP contribution is -2.34. The molecule has 0 saturated carbocycles. The summed E-state index contributed by atoms with van der Waals surface area (Å²) in [7, 11) is 1.60. The van der Waals surface area contributed by atoms with Crippen molar-refractivity contribution in [3.63, 3.8) is 0 Å². The maximum Gasteiger partial charge on any atom is 0.378 e. The molecule has 0 aliphatic carbocycles. The number of carbonyl (C=O) groups excluding carboxylic acids is 2. The predicted molar refractivity (Wildman–Crippen MR) is 100 cm³/mol. The number of benzene rings is 1. The highest BCUT2D eigenvalue weighted by atomic mass is 35.5. The first-order valence-corrected chi connectivity index (χ1v) is 8.79. The molecule has 1 amide bonds. The van der Waals surface area contributed by atoms with Gasteiger partial charge in [0, 0.05) is 24.0 Å². The molecule has 146 valence electrons. The maximum absolute atomic E-state index is 12.1. The topological polar surface area (TPSA) is 98.9 Å². The van der Waals surface area contributed by atoms with E-state index in [-0.39, 0.29) is 24.1 Å². The van der Waals surface area contributed by atoms with E-state index in [4.69, 9.17) is 21.1 Å². The minimum atomic E-state index is -0.788. The van der Waals surface area contributed by atoms with Gasteiger partial charge in [-0.15, -0.1) is 5.10 Å². The second-order valence-electron chi connectivity index (χ2n) is 5.93. The van der Waals surface area contributed by atoms with Gasteiger partial charge >= 0.3 is 5.97 Å². The summed E-state index contributed by atoms with van der Waals surface area (Å²) >= 11 is 5.81. The van der Waals surface area contributed by atoms with Crippen LogP contribution in [0.1, 0.15) is 16.3 Å². The first kappa shape index (κ1) is 19.6. The van der Waals surface area contributed by atoms with E-state index < -0.39 is 12.6 Å². The van der Waals surface area contributed by atoms with Gasteiger partial charge in [-0.1, -0.05) is 11.6 Å². The summed E-state index contributed by atoms with van der Waals surface area (Å²) in [5, 5.41) is 4.66. The Balaban J connectivity index is 1.46. The number of esters is 1. The molecule has 0 aliphatic rings. The van der Waals surface area contributed by atoms with Crippen LogP contribution in [0.4, 0.5) is 0 Å². The van der Waals surface area contributed by atoms with Crippen LogP contribution in [0.15, 0.2) is 36.5 Å². The van der Waals surface area contributed by atoms with Crippen LogP contribution in [-0.2, 0) is 9.53 Å². The molecule has 0 bridgehead atoms. The van der Waals surface area contributed by atoms with Crippen molar-refractivity contribution in [2.24, 2.45) is 0 Å². The summed E-state index contributed by atoms with van der Waals surface area (Å²) in [4.78, 5) is 33.6. The van der Waals surface area contributed by atoms with E-state index in [2.05, 4.69) is 15.1 Å². The lowest BCUT2D eigenvalue weighted by atomic mass is 10.3. The van der Waals surface area contributed by atoms with Crippen LogP contribution in [0.3, 0.4) is 0 Å². The van der Waals surface area contributed by atoms with Crippen LogP contribution >= 0.6 is 11.6 Å². The molecule has 2 heterocycles. The summed E-state index contributed by atoms with van der Waals surface area (Å²) in [5.41, 5.74) is 0.771. The van der Waals surface area contributed by atoms with E-state index in [0.29, 0.717) is 17.3 Å². The third-order valence-electron chi connectivity index (χ3n) is 3.87. The SMILES string of the molecule is Cc1ccnc2nc(C(=O)OCC(=O)N(C)CCOc3ccc(Cl)cc3)nn12. The molecule has 28 heavy (non-hydrogen) atoms. The predicted octanol–water partition coefficient (Wildman–Crippen LogP) is 1.78. The highest BCUT2D eigenvalue weighted by molar-refractivity contribution is 6.30. The van der Waals surface area contributed by atoms with Gasteiger partial charge in [-0.25, -0.2) is 14.3 Å². The zero-order chi connectivity index (χ0) is 20.1. The van der Waals surface area contributed by atoms with Crippen LogP contribution < -0.4 is 4.74 Å². The Morgan fingerprint density at radius 2 is 1.96 bits per heavy atom. The number of aromatic nitrogens is 4. The molecule has 0 radical (unpaired) electrons. The van der Waals surface area contributed by atoms with Crippen molar-refractivity contribution in [1.29, 1.82) is 0 Å². The number of carbonyl (C=O) groups is 2. The smallest absolute Gasteiger partial charge is 0.378 e. The van der Waals surface area contributed by atoms with Gasteiger partial charge in [0.2, 0.25) is 0 Å². The van der Waals surface area contributed by atoms with Gasteiger partial charge in [0.05, 0.1) is 6.54 Å². The summed E-state index contributed by atoms with van der Waals surface area (Å²) in [6.07, 6.45) is 1.57. The number of hydrogen-bond donors (Lipinski definition) is 0. The molecule has 0 atom stereocenters. The van der Waals surface area contributed by atoms with Crippen molar-refractivity contribution in [2.75, 3.05) is 26.8 Å². The van der Waals surface area contributed by atoms with Gasteiger partial charge in [0.25, 0.3) is 17.5 Å². The van der Waals surface area contributed by atoms with E-state index in [1.165, 1.54) is 9.42 Å². The molecule has 0 spiro atoms. The largest absolute Gasteiger partial charge is 0.492 e. The van der Waals surface area contributed by atoms with Gasteiger partial charge in [-0.05, 0) is 37.3 Å². The van der Waals surface area contributed by atoms with Crippen LogP contribution in [0.25, 0.3) is 5.78 Å². The molecule has 1 aromatic carbocycles. The van der Waals surface area contributed by atoms with E-state index in [9.17, 15) is 9.59 Å². The Morgan fingerprint density at radius 3 is 2.68 bits per heavy atom. The normalized spacial score (nSPS) is 10.7. The molecule has 0 saturated heterocycles. The molecule has 0 N–H and O–H groups in total. The molecule has 3 aromatic rings.